The Morgan fingerprint density at radius 1 is 1.31 bits per heavy atom. The molecular formula is C10H10N2O. The molecule has 0 fully saturated rings. The summed E-state index contributed by atoms with van der Waals surface area (Å²) in [6, 6.07) is 9.47. The van der Waals surface area contributed by atoms with Crippen LogP contribution < -0.4 is 0 Å². The first kappa shape index (κ1) is 9.36. The summed E-state index contributed by atoms with van der Waals surface area (Å²) in [6.07, 6.45) is 0. The average molecular weight is 174 g/mol. The van der Waals surface area contributed by atoms with E-state index in [1.807, 2.05) is 0 Å². The van der Waals surface area contributed by atoms with Gasteiger partial charge in [-0.15, -0.1) is 0 Å². The Morgan fingerprint density at radius 2 is 1.92 bits per heavy atom. The van der Waals surface area contributed by atoms with Gasteiger partial charge in [-0.3, -0.25) is 4.79 Å². The van der Waals surface area contributed by atoms with Gasteiger partial charge in [0, 0.05) is 12.6 Å². The first-order valence-corrected chi connectivity index (χ1v) is 3.89. The molecule has 0 aliphatic carbocycles. The Balaban J connectivity index is 2.94. The Labute approximate surface area is 76.8 Å². The highest BCUT2D eigenvalue weighted by Gasteiger charge is 1.96. The van der Waals surface area contributed by atoms with E-state index in [4.69, 9.17) is 0 Å². The Kier molecular flexibility index (Phi) is 3.12. The Bertz CT molecular complexity index is 359. The molecule has 0 unspecified atom stereocenters. The molecule has 1 rings (SSSR count). The number of aliphatic imine (C=N–C) groups is 2. The summed E-state index contributed by atoms with van der Waals surface area (Å²) in [4.78, 5) is 18.4. The minimum absolute atomic E-state index is 0.0553. The van der Waals surface area contributed by atoms with E-state index in [1.54, 1.807) is 31.3 Å². The minimum atomic E-state index is 0.0553. The van der Waals surface area contributed by atoms with Crippen LogP contribution in [-0.4, -0.2) is 18.8 Å². The van der Waals surface area contributed by atoms with Gasteiger partial charge in [0.05, 0.1) is 11.7 Å². The van der Waals surface area contributed by atoms with Gasteiger partial charge in [-0.05, 0) is 31.2 Å². The van der Waals surface area contributed by atoms with E-state index in [1.165, 1.54) is 6.92 Å². The van der Waals surface area contributed by atoms with E-state index < -0.39 is 0 Å². The summed E-state index contributed by atoms with van der Waals surface area (Å²) in [7, 11) is 1.60. The quantitative estimate of drug-likeness (QED) is 0.501. The monoisotopic (exact) mass is 174 g/mol. The van der Waals surface area contributed by atoms with Crippen molar-refractivity contribution in [3.8, 4) is 0 Å². The number of carbonyl (C=O) groups excluding carboxylic acids is 1. The summed E-state index contributed by atoms with van der Waals surface area (Å²) in [5.74, 6) is 0.0553. The van der Waals surface area contributed by atoms with Gasteiger partial charge in [-0.2, -0.15) is 4.99 Å². The van der Waals surface area contributed by atoms with Crippen LogP contribution in [0.15, 0.2) is 34.3 Å². The number of rotatable bonds is 2. The normalized spacial score (nSPS) is 8.77. The Hall–Kier alpha value is -1.73. The number of hydrogen-bond donors (Lipinski definition) is 0. The van der Waals surface area contributed by atoms with Gasteiger partial charge < -0.3 is 0 Å². The maximum absolute atomic E-state index is 10.9. The zero-order valence-electron chi connectivity index (χ0n) is 7.61. The molecule has 0 aliphatic rings. The average Bonchev–Trinajstić information content (AvgIpc) is 2.15. The van der Waals surface area contributed by atoms with Crippen molar-refractivity contribution in [1.82, 2.24) is 0 Å². The standard InChI is InChI=1S/C10H10N2O/c1-8(13)9-3-5-10(6-4-9)12-7-11-2/h3-6H,1-2H3. The van der Waals surface area contributed by atoms with Crippen LogP contribution in [0, 0.1) is 0 Å². The second-order valence-electron chi connectivity index (χ2n) is 2.54. The number of Topliss-reactive ketones (excluding diaryl/α,β-unsaturated/α-hetero) is 1. The minimum Gasteiger partial charge on any atom is -0.295 e. The maximum Gasteiger partial charge on any atom is 0.159 e. The van der Waals surface area contributed by atoms with Gasteiger partial charge in [0.15, 0.2) is 5.78 Å². The van der Waals surface area contributed by atoms with E-state index >= 15 is 0 Å². The van der Waals surface area contributed by atoms with Crippen molar-refractivity contribution in [3.05, 3.63) is 29.8 Å². The maximum atomic E-state index is 10.9. The molecule has 3 nitrogen and oxygen atoms in total. The molecule has 0 radical (unpaired) electrons. The molecular weight excluding hydrogens is 164 g/mol. The summed E-state index contributed by atoms with van der Waals surface area (Å²) >= 11 is 0. The molecule has 13 heavy (non-hydrogen) atoms. The van der Waals surface area contributed by atoms with E-state index in [0.29, 0.717) is 5.56 Å². The summed E-state index contributed by atoms with van der Waals surface area (Å²) in [5, 5.41) is 0. The smallest absolute Gasteiger partial charge is 0.159 e. The number of carbonyl (C=O) groups is 1. The molecule has 0 amide bonds. The van der Waals surface area contributed by atoms with Gasteiger partial charge in [0.1, 0.15) is 0 Å². The molecule has 1 aromatic carbocycles. The lowest BCUT2D eigenvalue weighted by Gasteiger charge is -1.94. The highest BCUT2D eigenvalue weighted by molar-refractivity contribution is 5.94. The molecule has 0 spiro atoms. The van der Waals surface area contributed by atoms with Crippen LogP contribution in [0.4, 0.5) is 5.69 Å². The zero-order valence-corrected chi connectivity index (χ0v) is 7.61. The number of nitrogens with zero attached hydrogens (tertiary/aromatic N) is 2. The lowest BCUT2D eigenvalue weighted by atomic mass is 10.1. The highest BCUT2D eigenvalue weighted by Crippen LogP contribution is 2.12. The Morgan fingerprint density at radius 3 is 2.38 bits per heavy atom. The van der Waals surface area contributed by atoms with Crippen molar-refractivity contribution in [2.45, 2.75) is 6.92 Å². The predicted octanol–water partition coefficient (Wildman–Crippen LogP) is 2.32. The number of hydrogen-bond acceptors (Lipinski definition) is 3. The van der Waals surface area contributed by atoms with Gasteiger partial charge in [0.25, 0.3) is 0 Å². The second kappa shape index (κ2) is 4.33. The molecule has 0 aromatic heterocycles. The molecule has 0 saturated carbocycles. The van der Waals surface area contributed by atoms with Crippen LogP contribution in [-0.2, 0) is 0 Å². The van der Waals surface area contributed by atoms with Crippen LogP contribution in [0.3, 0.4) is 0 Å². The first-order chi connectivity index (χ1) is 6.24. The number of benzene rings is 1. The molecule has 0 heterocycles. The molecule has 0 aliphatic heterocycles. The third kappa shape index (κ3) is 2.65. The van der Waals surface area contributed by atoms with Gasteiger partial charge >= 0.3 is 0 Å². The third-order valence-corrected chi connectivity index (χ3v) is 1.55. The fraction of sp³-hybridized carbons (Fsp3) is 0.200. The van der Waals surface area contributed by atoms with Gasteiger partial charge in [0.2, 0.25) is 0 Å². The topological polar surface area (TPSA) is 41.8 Å². The lowest BCUT2D eigenvalue weighted by Crippen LogP contribution is -1.89. The van der Waals surface area contributed by atoms with Crippen LogP contribution in [0.2, 0.25) is 0 Å². The summed E-state index contributed by atoms with van der Waals surface area (Å²) < 4.78 is 0. The number of ketones is 1. The lowest BCUT2D eigenvalue weighted by molar-refractivity contribution is 0.101. The molecule has 0 saturated heterocycles. The fourth-order valence-electron chi connectivity index (χ4n) is 0.878. The predicted molar refractivity (Wildman–Crippen MR) is 51.9 cm³/mol. The van der Waals surface area contributed by atoms with Crippen LogP contribution in [0.1, 0.15) is 17.3 Å². The zero-order chi connectivity index (χ0) is 9.68. The summed E-state index contributed by atoms with van der Waals surface area (Å²) in [5.41, 5.74) is 1.43. The van der Waals surface area contributed by atoms with Gasteiger partial charge in [-0.25, -0.2) is 4.99 Å². The van der Waals surface area contributed by atoms with Crippen molar-refractivity contribution >= 4 is 17.5 Å². The van der Waals surface area contributed by atoms with E-state index in [2.05, 4.69) is 16.0 Å². The largest absolute Gasteiger partial charge is 0.295 e. The molecule has 3 heteroatoms. The second-order valence-corrected chi connectivity index (χ2v) is 2.54. The SMILES string of the molecule is CN=C=Nc1ccc(C(C)=O)cc1. The molecule has 0 N–H and O–H groups in total. The van der Waals surface area contributed by atoms with Crippen molar-refractivity contribution in [3.63, 3.8) is 0 Å². The van der Waals surface area contributed by atoms with Gasteiger partial charge in [-0.1, -0.05) is 0 Å². The highest BCUT2D eigenvalue weighted by atomic mass is 16.1. The van der Waals surface area contributed by atoms with E-state index in [-0.39, 0.29) is 5.78 Å². The third-order valence-electron chi connectivity index (χ3n) is 1.55. The van der Waals surface area contributed by atoms with Crippen molar-refractivity contribution < 1.29 is 4.79 Å². The fourth-order valence-corrected chi connectivity index (χ4v) is 0.878. The molecule has 66 valence electrons. The van der Waals surface area contributed by atoms with E-state index in [9.17, 15) is 4.79 Å². The molecule has 0 bridgehead atoms. The first-order valence-electron chi connectivity index (χ1n) is 3.89. The molecule has 0 atom stereocenters. The van der Waals surface area contributed by atoms with Crippen LogP contribution in [0.5, 0.6) is 0 Å². The summed E-state index contributed by atoms with van der Waals surface area (Å²) in [6.45, 7) is 1.53. The van der Waals surface area contributed by atoms with Crippen LogP contribution in [0.25, 0.3) is 0 Å². The van der Waals surface area contributed by atoms with Crippen molar-refractivity contribution in [2.24, 2.45) is 9.98 Å². The van der Waals surface area contributed by atoms with Crippen molar-refractivity contribution in [2.75, 3.05) is 7.05 Å². The van der Waals surface area contributed by atoms with Crippen LogP contribution >= 0.6 is 0 Å². The molecule has 1 aromatic rings. The van der Waals surface area contributed by atoms with E-state index in [0.717, 1.165) is 5.69 Å². The van der Waals surface area contributed by atoms with Crippen molar-refractivity contribution in [1.29, 1.82) is 0 Å².